The average molecular weight is 673 g/mol. The van der Waals surface area contributed by atoms with Crippen molar-refractivity contribution >= 4 is 28.1 Å². The van der Waals surface area contributed by atoms with Gasteiger partial charge in [0.25, 0.3) is 0 Å². The first-order valence-electron chi connectivity index (χ1n) is 18.1. The molecule has 0 spiro atoms. The van der Waals surface area contributed by atoms with Crippen molar-refractivity contribution in [3.05, 3.63) is 218 Å². The first kappa shape index (κ1) is 31.7. The molecule has 0 saturated carbocycles. The van der Waals surface area contributed by atoms with Crippen LogP contribution in [0.2, 0.25) is 0 Å². The van der Waals surface area contributed by atoms with Crippen molar-refractivity contribution in [2.24, 2.45) is 9.98 Å². The lowest BCUT2D eigenvalue weighted by Gasteiger charge is -2.21. The van der Waals surface area contributed by atoms with Crippen LogP contribution in [0.3, 0.4) is 0 Å². The van der Waals surface area contributed by atoms with Crippen LogP contribution in [-0.4, -0.2) is 27.4 Å². The molecule has 3 aliphatic heterocycles. The van der Waals surface area contributed by atoms with Crippen LogP contribution in [0.5, 0.6) is 0 Å². The number of H-pyrrole nitrogens is 2. The lowest BCUT2D eigenvalue weighted by atomic mass is 9.88. The first-order valence-corrected chi connectivity index (χ1v) is 18.1. The van der Waals surface area contributed by atoms with E-state index in [2.05, 4.69) is 183 Å². The van der Waals surface area contributed by atoms with E-state index in [-0.39, 0.29) is 12.0 Å². The van der Waals surface area contributed by atoms with Crippen LogP contribution >= 0.6 is 0 Å². The molecular weight excluding hydrogens is 633 g/mol. The minimum atomic E-state index is -0.104. The van der Waals surface area contributed by atoms with E-state index in [4.69, 9.17) is 9.98 Å². The topological polar surface area (TPSA) is 56.3 Å². The maximum atomic E-state index is 5.53. The Morgan fingerprint density at radius 1 is 0.462 bits per heavy atom. The number of aromatic amines is 2. The second-order valence-electron chi connectivity index (χ2n) is 14.3. The monoisotopic (exact) mass is 672 g/mol. The Morgan fingerprint density at radius 3 is 1.56 bits per heavy atom. The molecule has 2 aromatic heterocycles. The molecule has 5 heterocycles. The third-order valence-electron chi connectivity index (χ3n) is 10.5. The van der Waals surface area contributed by atoms with Crippen LogP contribution in [-0.2, 0) is 0 Å². The summed E-state index contributed by atoms with van der Waals surface area (Å²) in [6.45, 7) is 8.53. The fourth-order valence-electron chi connectivity index (χ4n) is 7.66. The van der Waals surface area contributed by atoms with Crippen molar-refractivity contribution in [1.82, 2.24) is 9.97 Å². The second kappa shape index (κ2) is 12.8. The number of aromatic nitrogens is 2. The molecule has 252 valence electrons. The van der Waals surface area contributed by atoms with E-state index >= 15 is 0 Å². The van der Waals surface area contributed by atoms with Gasteiger partial charge < -0.3 is 9.97 Å². The molecule has 4 heteroatoms. The standard InChI is InChI=1S/C48H40N4/c1-29-5-13-33(14-6-29)45-37-21-23-39(49-37)46(34-15-7-30(2)8-16-34)41-25-27-43(51-41)48(36-19-11-32(4)12-20-36)44-28-26-42(52-44)47(40-24-22-38(45)50-40)35-17-9-31(3)10-18-35/h5-28,37,45,50-51H,1-4H3. The summed E-state index contributed by atoms with van der Waals surface area (Å²) in [5.41, 5.74) is 17.7. The highest BCUT2D eigenvalue weighted by Crippen LogP contribution is 2.37. The van der Waals surface area contributed by atoms with Crippen LogP contribution in [0.4, 0.5) is 0 Å². The predicted octanol–water partition coefficient (Wildman–Crippen LogP) is 8.97. The average Bonchev–Trinajstić information content (AvgIpc) is 3.99. The Bertz CT molecular complexity index is 2620. The number of benzene rings is 4. The van der Waals surface area contributed by atoms with Gasteiger partial charge in [0.15, 0.2) is 0 Å². The van der Waals surface area contributed by atoms with E-state index in [1.54, 1.807) is 0 Å². The summed E-state index contributed by atoms with van der Waals surface area (Å²) in [6.07, 6.45) is 8.81. The lowest BCUT2D eigenvalue weighted by molar-refractivity contribution is 0.694. The molecule has 0 saturated heterocycles. The second-order valence-corrected chi connectivity index (χ2v) is 14.3. The van der Waals surface area contributed by atoms with Crippen molar-refractivity contribution in [3.63, 3.8) is 0 Å². The summed E-state index contributed by atoms with van der Waals surface area (Å²) >= 11 is 0. The zero-order valence-corrected chi connectivity index (χ0v) is 29.9. The third kappa shape index (κ3) is 5.76. The van der Waals surface area contributed by atoms with Gasteiger partial charge in [0.2, 0.25) is 0 Å². The zero-order valence-electron chi connectivity index (χ0n) is 29.9. The third-order valence-corrected chi connectivity index (χ3v) is 10.5. The van der Waals surface area contributed by atoms with Crippen LogP contribution in [0.15, 0.2) is 161 Å². The Hall–Kier alpha value is -6.26. The first-order chi connectivity index (χ1) is 25.4. The highest BCUT2D eigenvalue weighted by molar-refractivity contribution is 6.31. The fourth-order valence-corrected chi connectivity index (χ4v) is 7.66. The van der Waals surface area contributed by atoms with Gasteiger partial charge in [0, 0.05) is 38.8 Å². The van der Waals surface area contributed by atoms with E-state index in [1.807, 2.05) is 0 Å². The highest BCUT2D eigenvalue weighted by Gasteiger charge is 2.29. The van der Waals surface area contributed by atoms with E-state index in [0.717, 1.165) is 72.6 Å². The van der Waals surface area contributed by atoms with Crippen LogP contribution in [0.25, 0.3) is 16.7 Å². The van der Waals surface area contributed by atoms with Gasteiger partial charge >= 0.3 is 0 Å². The number of fused-ring (bicyclic) bond motifs is 6. The zero-order chi connectivity index (χ0) is 35.3. The van der Waals surface area contributed by atoms with E-state index < -0.39 is 0 Å². The summed E-state index contributed by atoms with van der Waals surface area (Å²) in [6, 6.07) is 43.9. The quantitative estimate of drug-likeness (QED) is 0.188. The van der Waals surface area contributed by atoms with Gasteiger partial charge in [-0.2, -0.15) is 0 Å². The summed E-state index contributed by atoms with van der Waals surface area (Å²) < 4.78 is 0. The molecule has 4 nitrogen and oxygen atoms in total. The molecule has 6 aromatic rings. The van der Waals surface area contributed by atoms with Gasteiger partial charge in [0.05, 0.1) is 29.1 Å². The largest absolute Gasteiger partial charge is 0.358 e. The SMILES string of the molecule is Cc1ccc(C2=C3C=CC(=N3)C(c3ccc(C)cc3)=c3ccc([nH]3)=C(c3ccc(C)cc3)C3=NC(C=C3)C(c3ccc(C)cc3)c3ccc2[nH]3)cc1. The number of aryl methyl sites for hydroxylation is 4. The van der Waals surface area contributed by atoms with Crippen molar-refractivity contribution in [2.75, 3.05) is 0 Å². The number of aliphatic imine (C=N–C) groups is 2. The Kier molecular flexibility index (Phi) is 7.81. The molecule has 0 amide bonds. The lowest BCUT2D eigenvalue weighted by Crippen LogP contribution is -2.21. The number of hydrogen-bond acceptors (Lipinski definition) is 2. The van der Waals surface area contributed by atoms with Crippen molar-refractivity contribution in [3.8, 4) is 0 Å². The molecule has 52 heavy (non-hydrogen) atoms. The number of nitrogens with zero attached hydrogens (tertiary/aromatic N) is 2. The highest BCUT2D eigenvalue weighted by atomic mass is 14.9. The summed E-state index contributed by atoms with van der Waals surface area (Å²) in [5, 5.41) is 2.03. The molecular formula is C48H40N4. The van der Waals surface area contributed by atoms with Crippen LogP contribution < -0.4 is 10.7 Å². The van der Waals surface area contributed by atoms with Gasteiger partial charge in [-0.05, 0) is 92.4 Å². The molecule has 0 aliphatic carbocycles. The molecule has 0 radical (unpaired) electrons. The normalized spacial score (nSPS) is 17.9. The number of nitrogens with one attached hydrogen (secondary N) is 2. The van der Waals surface area contributed by atoms with Gasteiger partial charge in [-0.15, -0.1) is 0 Å². The molecule has 0 fully saturated rings. The Balaban J connectivity index is 1.37. The number of rotatable bonds is 4. The molecule has 2 unspecified atom stereocenters. The van der Waals surface area contributed by atoms with Crippen LogP contribution in [0, 0.1) is 27.7 Å². The molecule has 3 aliphatic rings. The van der Waals surface area contributed by atoms with Gasteiger partial charge in [0.1, 0.15) is 0 Å². The van der Waals surface area contributed by atoms with Crippen molar-refractivity contribution in [1.29, 1.82) is 0 Å². The fraction of sp³-hybridized carbons (Fsp3) is 0.125. The van der Waals surface area contributed by atoms with E-state index in [1.165, 1.54) is 27.8 Å². The smallest absolute Gasteiger partial charge is 0.0814 e. The summed E-state index contributed by atoms with van der Waals surface area (Å²) in [7, 11) is 0. The molecule has 9 rings (SSSR count). The Morgan fingerprint density at radius 2 is 0.981 bits per heavy atom. The van der Waals surface area contributed by atoms with Gasteiger partial charge in [-0.1, -0.05) is 125 Å². The summed E-state index contributed by atoms with van der Waals surface area (Å²) in [5.74, 6) is -0.0154. The van der Waals surface area contributed by atoms with Gasteiger partial charge in [-0.25, -0.2) is 4.99 Å². The number of hydrogen-bond donors (Lipinski definition) is 2. The number of allylic oxidation sites excluding steroid dienone is 3. The molecule has 2 N–H and O–H groups in total. The minimum absolute atomic E-state index is 0.0154. The van der Waals surface area contributed by atoms with Gasteiger partial charge in [-0.3, -0.25) is 4.99 Å². The van der Waals surface area contributed by atoms with Crippen molar-refractivity contribution < 1.29 is 0 Å². The van der Waals surface area contributed by atoms with Crippen LogP contribution in [0.1, 0.15) is 61.8 Å². The summed E-state index contributed by atoms with van der Waals surface area (Å²) in [4.78, 5) is 18.7. The van der Waals surface area contributed by atoms with Crippen molar-refractivity contribution in [2.45, 2.75) is 39.7 Å². The molecule has 2 atom stereocenters. The predicted molar refractivity (Wildman–Crippen MR) is 215 cm³/mol. The molecule has 8 bridgehead atoms. The van der Waals surface area contributed by atoms with E-state index in [0.29, 0.717) is 0 Å². The minimum Gasteiger partial charge on any atom is -0.358 e. The Labute approximate surface area is 304 Å². The molecule has 4 aromatic carbocycles. The van der Waals surface area contributed by atoms with E-state index in [9.17, 15) is 0 Å². The maximum absolute atomic E-state index is 5.53. The maximum Gasteiger partial charge on any atom is 0.0814 e.